The second kappa shape index (κ2) is 13.9. The van der Waals surface area contributed by atoms with Crippen molar-refractivity contribution in [3.8, 4) is 67.3 Å². The quantitative estimate of drug-likeness (QED) is 0.168. The van der Waals surface area contributed by atoms with Crippen molar-refractivity contribution in [1.82, 2.24) is 9.97 Å². The molecule has 2 aliphatic rings. The fourth-order valence-corrected chi connectivity index (χ4v) is 10.7. The average molecular weight is 791 g/mol. The summed E-state index contributed by atoms with van der Waals surface area (Å²) >= 11 is 0. The molecule has 9 aromatic carbocycles. The van der Waals surface area contributed by atoms with Crippen LogP contribution in [0.3, 0.4) is 0 Å². The highest BCUT2D eigenvalue weighted by Crippen LogP contribution is 2.57. The molecule has 62 heavy (non-hydrogen) atoms. The largest absolute Gasteiger partial charge is 0.228 e. The minimum absolute atomic E-state index is 0.0649. The smallest absolute Gasteiger partial charge is 0.160 e. The highest BCUT2D eigenvalue weighted by atomic mass is 14.9. The van der Waals surface area contributed by atoms with E-state index in [1.54, 1.807) is 0 Å². The van der Waals surface area contributed by atoms with Gasteiger partial charge in [0.1, 0.15) is 0 Å². The van der Waals surface area contributed by atoms with Gasteiger partial charge in [-0.25, -0.2) is 9.97 Å². The Bertz CT molecular complexity index is 3330. The van der Waals surface area contributed by atoms with Crippen molar-refractivity contribution in [2.24, 2.45) is 0 Å². The molecule has 0 bridgehead atoms. The Kier molecular flexibility index (Phi) is 8.14. The lowest BCUT2D eigenvalue weighted by Crippen LogP contribution is -2.28. The lowest BCUT2D eigenvalue weighted by atomic mass is 9.67. The van der Waals surface area contributed by atoms with Crippen LogP contribution >= 0.6 is 0 Å². The van der Waals surface area contributed by atoms with E-state index in [9.17, 15) is 0 Å². The number of rotatable bonds is 6. The van der Waals surface area contributed by atoms with E-state index in [-0.39, 0.29) is 5.41 Å². The maximum absolute atomic E-state index is 5.33. The first-order valence-corrected chi connectivity index (χ1v) is 21.6. The standard InChI is InChI=1S/C60H42N2/c1-59(2)52-28-16-14-27-48(52)51-36-41(31-35-53(51)59)56-38-57(62-58(61-56)39-18-6-3-7-19-39)50-34-33-44(45-24-12-13-25-46(45)50)40-30-32-49-47-26-15-17-29-54(47)60(55(49)37-40,42-20-8-4-9-21-42)43-22-10-5-11-23-43/h3-38H,1-2H3. The van der Waals surface area contributed by atoms with Gasteiger partial charge in [0.2, 0.25) is 0 Å². The molecule has 0 saturated carbocycles. The molecular weight excluding hydrogens is 749 g/mol. The molecule has 0 amide bonds. The summed E-state index contributed by atoms with van der Waals surface area (Å²) in [6.45, 7) is 4.65. The monoisotopic (exact) mass is 790 g/mol. The third-order valence-electron chi connectivity index (χ3n) is 13.6. The van der Waals surface area contributed by atoms with Crippen LogP contribution in [-0.4, -0.2) is 9.97 Å². The third-order valence-corrected chi connectivity index (χ3v) is 13.6. The molecule has 2 nitrogen and oxygen atoms in total. The lowest BCUT2D eigenvalue weighted by molar-refractivity contribution is 0.660. The van der Waals surface area contributed by atoms with Crippen LogP contribution in [0.5, 0.6) is 0 Å². The normalized spacial score (nSPS) is 13.9. The van der Waals surface area contributed by atoms with Crippen LogP contribution in [-0.2, 0) is 10.8 Å². The van der Waals surface area contributed by atoms with Gasteiger partial charge in [-0.05, 0) is 95.7 Å². The van der Waals surface area contributed by atoms with Gasteiger partial charge in [0.05, 0.1) is 16.8 Å². The predicted molar refractivity (Wildman–Crippen MR) is 256 cm³/mol. The summed E-state index contributed by atoms with van der Waals surface area (Å²) < 4.78 is 0. The average Bonchev–Trinajstić information content (AvgIpc) is 3.76. The summed E-state index contributed by atoms with van der Waals surface area (Å²) in [4.78, 5) is 10.6. The van der Waals surface area contributed by atoms with E-state index >= 15 is 0 Å². The zero-order valence-electron chi connectivity index (χ0n) is 34.7. The summed E-state index contributed by atoms with van der Waals surface area (Å²) in [5.41, 5.74) is 19.8. The zero-order valence-corrected chi connectivity index (χ0v) is 34.7. The first kappa shape index (κ1) is 36.2. The van der Waals surface area contributed by atoms with E-state index in [1.165, 1.54) is 72.1 Å². The molecule has 0 radical (unpaired) electrons. The molecular formula is C60H42N2. The first-order valence-electron chi connectivity index (χ1n) is 21.6. The fraction of sp³-hybridized carbons (Fsp3) is 0.0667. The Morgan fingerprint density at radius 3 is 1.52 bits per heavy atom. The van der Waals surface area contributed by atoms with Crippen molar-refractivity contribution in [3.05, 3.63) is 252 Å². The summed E-state index contributed by atoms with van der Waals surface area (Å²) in [6, 6.07) is 79.8. The van der Waals surface area contributed by atoms with Gasteiger partial charge in [-0.15, -0.1) is 0 Å². The van der Waals surface area contributed by atoms with Gasteiger partial charge in [0.25, 0.3) is 0 Å². The van der Waals surface area contributed by atoms with Crippen LogP contribution in [0, 0.1) is 0 Å². The minimum atomic E-state index is -0.471. The SMILES string of the molecule is CC1(C)c2ccccc2-c2cc(-c3cc(-c4ccc(-c5ccc6c(c5)C(c5ccccc5)(c5ccccc5)c5ccccc5-6)c5ccccc45)nc(-c4ccccc4)n3)ccc21. The summed E-state index contributed by atoms with van der Waals surface area (Å²) in [5.74, 6) is 0.712. The molecule has 0 N–H and O–H groups in total. The topological polar surface area (TPSA) is 25.8 Å². The molecule has 0 atom stereocenters. The van der Waals surface area contributed by atoms with Crippen LogP contribution in [0.1, 0.15) is 47.2 Å². The molecule has 2 heteroatoms. The molecule has 0 fully saturated rings. The predicted octanol–water partition coefficient (Wildman–Crippen LogP) is 15.0. The van der Waals surface area contributed by atoms with Gasteiger partial charge in [-0.3, -0.25) is 0 Å². The van der Waals surface area contributed by atoms with Gasteiger partial charge < -0.3 is 0 Å². The second-order valence-corrected chi connectivity index (χ2v) is 17.3. The van der Waals surface area contributed by atoms with E-state index in [4.69, 9.17) is 9.97 Å². The van der Waals surface area contributed by atoms with Gasteiger partial charge in [-0.1, -0.05) is 214 Å². The zero-order chi connectivity index (χ0) is 41.4. The van der Waals surface area contributed by atoms with Gasteiger partial charge >= 0.3 is 0 Å². The Hall–Kier alpha value is -7.68. The highest BCUT2D eigenvalue weighted by Gasteiger charge is 2.46. The third kappa shape index (κ3) is 5.36. The van der Waals surface area contributed by atoms with Crippen molar-refractivity contribution >= 4 is 10.8 Å². The minimum Gasteiger partial charge on any atom is -0.228 e. The Morgan fingerprint density at radius 1 is 0.306 bits per heavy atom. The van der Waals surface area contributed by atoms with Gasteiger partial charge in [-0.2, -0.15) is 0 Å². The van der Waals surface area contributed by atoms with Gasteiger partial charge in [0, 0.05) is 22.1 Å². The van der Waals surface area contributed by atoms with E-state index in [0.717, 1.165) is 33.5 Å². The Morgan fingerprint density at radius 2 is 0.806 bits per heavy atom. The van der Waals surface area contributed by atoms with Crippen molar-refractivity contribution in [3.63, 3.8) is 0 Å². The van der Waals surface area contributed by atoms with Crippen LogP contribution < -0.4 is 0 Å². The number of benzene rings is 9. The lowest BCUT2D eigenvalue weighted by Gasteiger charge is -2.34. The Balaban J connectivity index is 1.04. The molecule has 2 aliphatic carbocycles. The van der Waals surface area contributed by atoms with Crippen molar-refractivity contribution in [2.45, 2.75) is 24.7 Å². The molecule has 292 valence electrons. The van der Waals surface area contributed by atoms with Crippen molar-refractivity contribution < 1.29 is 0 Å². The molecule has 1 heterocycles. The molecule has 1 aromatic heterocycles. The van der Waals surface area contributed by atoms with Gasteiger partial charge in [0.15, 0.2) is 5.82 Å². The molecule has 0 aliphatic heterocycles. The van der Waals surface area contributed by atoms with E-state index in [2.05, 4.69) is 226 Å². The molecule has 10 aromatic rings. The molecule has 0 saturated heterocycles. The number of fused-ring (bicyclic) bond motifs is 7. The summed E-state index contributed by atoms with van der Waals surface area (Å²) in [7, 11) is 0. The van der Waals surface area contributed by atoms with Crippen molar-refractivity contribution in [2.75, 3.05) is 0 Å². The number of nitrogens with zero attached hydrogens (tertiary/aromatic N) is 2. The molecule has 12 rings (SSSR count). The molecule has 0 unspecified atom stereocenters. The van der Waals surface area contributed by atoms with E-state index in [0.29, 0.717) is 5.82 Å². The van der Waals surface area contributed by atoms with Crippen LogP contribution in [0.4, 0.5) is 0 Å². The number of hydrogen-bond acceptors (Lipinski definition) is 2. The van der Waals surface area contributed by atoms with Crippen LogP contribution in [0.25, 0.3) is 78.1 Å². The second-order valence-electron chi connectivity index (χ2n) is 17.3. The molecule has 0 spiro atoms. The van der Waals surface area contributed by atoms with Crippen LogP contribution in [0.2, 0.25) is 0 Å². The maximum Gasteiger partial charge on any atom is 0.160 e. The first-order chi connectivity index (χ1) is 30.5. The van der Waals surface area contributed by atoms with E-state index in [1.807, 2.05) is 6.07 Å². The summed E-state index contributed by atoms with van der Waals surface area (Å²) in [5, 5.41) is 2.34. The van der Waals surface area contributed by atoms with Crippen molar-refractivity contribution in [1.29, 1.82) is 0 Å². The summed E-state index contributed by atoms with van der Waals surface area (Å²) in [6.07, 6.45) is 0. The number of aromatic nitrogens is 2. The number of hydrogen-bond donors (Lipinski definition) is 0. The van der Waals surface area contributed by atoms with E-state index < -0.39 is 5.41 Å². The highest BCUT2D eigenvalue weighted by molar-refractivity contribution is 6.05. The Labute approximate surface area is 362 Å². The van der Waals surface area contributed by atoms with Crippen LogP contribution in [0.15, 0.2) is 218 Å². The fourth-order valence-electron chi connectivity index (χ4n) is 10.7. The maximum atomic E-state index is 5.33.